The van der Waals surface area contributed by atoms with E-state index in [0.29, 0.717) is 12.6 Å². The van der Waals surface area contributed by atoms with E-state index in [-0.39, 0.29) is 24.0 Å². The minimum absolute atomic E-state index is 0. The number of hydrogen-bond donors (Lipinski definition) is 2. The summed E-state index contributed by atoms with van der Waals surface area (Å²) >= 11 is 0. The van der Waals surface area contributed by atoms with Crippen LogP contribution in [0, 0.1) is 0 Å². The lowest BCUT2D eigenvalue weighted by atomic mass is 10.2. The molecule has 1 aromatic rings. The Morgan fingerprint density at radius 1 is 1.26 bits per heavy atom. The third-order valence-corrected chi connectivity index (χ3v) is 4.82. The first-order valence-corrected chi connectivity index (χ1v) is 9.66. The maximum atomic E-state index is 5.73. The van der Waals surface area contributed by atoms with Crippen LogP contribution in [0.5, 0.6) is 5.75 Å². The Morgan fingerprint density at radius 2 is 2.04 bits per heavy atom. The summed E-state index contributed by atoms with van der Waals surface area (Å²) in [5.74, 6) is 1.75. The van der Waals surface area contributed by atoms with Crippen LogP contribution in [0.1, 0.15) is 31.7 Å². The molecule has 2 N–H and O–H groups in total. The third-order valence-electron chi connectivity index (χ3n) is 4.82. The van der Waals surface area contributed by atoms with E-state index >= 15 is 0 Å². The Morgan fingerprint density at radius 3 is 2.70 bits per heavy atom. The molecule has 0 aliphatic carbocycles. The fourth-order valence-electron chi connectivity index (χ4n) is 3.27. The van der Waals surface area contributed by atoms with Crippen LogP contribution in [0.2, 0.25) is 0 Å². The number of hydrogen-bond acceptors (Lipinski definition) is 4. The molecule has 1 atom stereocenters. The fourth-order valence-corrected chi connectivity index (χ4v) is 3.27. The first-order chi connectivity index (χ1) is 12.8. The maximum Gasteiger partial charge on any atom is 0.191 e. The molecule has 1 saturated heterocycles. The van der Waals surface area contributed by atoms with E-state index in [9.17, 15) is 0 Å². The molecule has 1 heterocycles. The van der Waals surface area contributed by atoms with E-state index in [1.807, 2.05) is 31.3 Å². The molecule has 6 nitrogen and oxygen atoms in total. The molecule has 2 rings (SSSR count). The highest BCUT2D eigenvalue weighted by Crippen LogP contribution is 2.15. The highest BCUT2D eigenvalue weighted by molar-refractivity contribution is 14.0. The number of rotatable bonds is 10. The Balaban J connectivity index is 0.00000364. The van der Waals surface area contributed by atoms with Gasteiger partial charge in [0, 0.05) is 32.8 Å². The van der Waals surface area contributed by atoms with Crippen LogP contribution in [0.3, 0.4) is 0 Å². The number of halogens is 1. The van der Waals surface area contributed by atoms with Crippen molar-refractivity contribution in [3.05, 3.63) is 29.8 Å². The van der Waals surface area contributed by atoms with Crippen molar-refractivity contribution in [2.75, 3.05) is 46.9 Å². The van der Waals surface area contributed by atoms with E-state index in [0.717, 1.165) is 49.9 Å². The van der Waals surface area contributed by atoms with Crippen LogP contribution in [-0.2, 0) is 11.3 Å². The average Bonchev–Trinajstić information content (AvgIpc) is 3.15. The van der Waals surface area contributed by atoms with Crippen molar-refractivity contribution in [2.24, 2.45) is 4.99 Å². The minimum Gasteiger partial charge on any atom is -0.497 e. The first-order valence-electron chi connectivity index (χ1n) is 9.66. The molecule has 154 valence electrons. The minimum atomic E-state index is 0. The van der Waals surface area contributed by atoms with Crippen molar-refractivity contribution in [2.45, 2.75) is 38.8 Å². The molecule has 0 radical (unpaired) electrons. The van der Waals surface area contributed by atoms with Crippen LogP contribution in [0.25, 0.3) is 0 Å². The molecule has 1 aromatic carbocycles. The Kier molecular flexibility index (Phi) is 12.4. The van der Waals surface area contributed by atoms with Crippen molar-refractivity contribution >= 4 is 29.9 Å². The summed E-state index contributed by atoms with van der Waals surface area (Å²) in [6, 6.07) is 8.61. The Bertz CT molecular complexity index is 539. The van der Waals surface area contributed by atoms with Crippen LogP contribution < -0.4 is 15.4 Å². The molecular formula is C20H35IN4O2. The topological polar surface area (TPSA) is 58.1 Å². The second-order valence-electron chi connectivity index (χ2n) is 6.56. The molecule has 1 aliphatic heterocycles. The number of benzene rings is 1. The number of ether oxygens (including phenoxy) is 2. The van der Waals surface area contributed by atoms with Gasteiger partial charge >= 0.3 is 0 Å². The smallest absolute Gasteiger partial charge is 0.191 e. The summed E-state index contributed by atoms with van der Waals surface area (Å²) < 4.78 is 10.9. The molecular weight excluding hydrogens is 455 g/mol. The third kappa shape index (κ3) is 8.66. The zero-order valence-corrected chi connectivity index (χ0v) is 19.2. The summed E-state index contributed by atoms with van der Waals surface area (Å²) in [6.45, 7) is 7.75. The van der Waals surface area contributed by atoms with Gasteiger partial charge in [0.2, 0.25) is 0 Å². The number of likely N-dealkylation sites (N-methyl/N-ethyl adjacent to an activating group) is 1. The highest BCUT2D eigenvalue weighted by Gasteiger charge is 2.22. The van der Waals surface area contributed by atoms with Gasteiger partial charge in [0.15, 0.2) is 5.96 Å². The monoisotopic (exact) mass is 490 g/mol. The van der Waals surface area contributed by atoms with Gasteiger partial charge in [-0.1, -0.05) is 19.1 Å². The summed E-state index contributed by atoms with van der Waals surface area (Å²) in [7, 11) is 3.50. The van der Waals surface area contributed by atoms with Crippen molar-refractivity contribution in [3.63, 3.8) is 0 Å². The highest BCUT2D eigenvalue weighted by atomic mass is 127. The van der Waals surface area contributed by atoms with Crippen LogP contribution >= 0.6 is 24.0 Å². The molecule has 0 saturated carbocycles. The molecule has 0 aromatic heterocycles. The second-order valence-corrected chi connectivity index (χ2v) is 6.56. The average molecular weight is 490 g/mol. The molecule has 1 fully saturated rings. The fraction of sp³-hybridized carbons (Fsp3) is 0.650. The van der Waals surface area contributed by atoms with E-state index < -0.39 is 0 Å². The van der Waals surface area contributed by atoms with Crippen LogP contribution in [0.4, 0.5) is 0 Å². The molecule has 7 heteroatoms. The van der Waals surface area contributed by atoms with Crippen molar-refractivity contribution in [1.29, 1.82) is 0 Å². The molecule has 0 bridgehead atoms. The summed E-state index contributed by atoms with van der Waals surface area (Å²) in [6.07, 6.45) is 3.52. The van der Waals surface area contributed by atoms with Gasteiger partial charge < -0.3 is 20.1 Å². The number of nitrogens with zero attached hydrogens (tertiary/aromatic N) is 2. The summed E-state index contributed by atoms with van der Waals surface area (Å²) in [5, 5.41) is 6.81. The number of likely N-dealkylation sites (tertiary alicyclic amines) is 1. The van der Waals surface area contributed by atoms with Crippen LogP contribution in [0.15, 0.2) is 29.3 Å². The lowest BCUT2D eigenvalue weighted by Crippen LogP contribution is -2.45. The van der Waals surface area contributed by atoms with Gasteiger partial charge in [0.25, 0.3) is 0 Å². The zero-order chi connectivity index (χ0) is 18.6. The van der Waals surface area contributed by atoms with Gasteiger partial charge in [-0.3, -0.25) is 9.89 Å². The molecule has 1 unspecified atom stereocenters. The van der Waals surface area contributed by atoms with E-state index in [1.54, 1.807) is 7.11 Å². The zero-order valence-electron chi connectivity index (χ0n) is 16.9. The molecule has 0 amide bonds. The van der Waals surface area contributed by atoms with Crippen molar-refractivity contribution in [1.82, 2.24) is 15.5 Å². The molecule has 0 spiro atoms. The quantitative estimate of drug-likeness (QED) is 0.229. The van der Waals surface area contributed by atoms with Gasteiger partial charge in [0.1, 0.15) is 5.75 Å². The van der Waals surface area contributed by atoms with Gasteiger partial charge in [-0.15, -0.1) is 24.0 Å². The van der Waals surface area contributed by atoms with E-state index in [2.05, 4.69) is 27.4 Å². The normalized spacial score (nSPS) is 17.4. The van der Waals surface area contributed by atoms with Crippen molar-refractivity contribution in [3.8, 4) is 5.75 Å². The molecule has 27 heavy (non-hydrogen) atoms. The van der Waals surface area contributed by atoms with Gasteiger partial charge in [-0.25, -0.2) is 0 Å². The predicted molar refractivity (Wildman–Crippen MR) is 122 cm³/mol. The number of nitrogens with one attached hydrogen (secondary N) is 2. The summed E-state index contributed by atoms with van der Waals surface area (Å²) in [5.41, 5.74) is 1.16. The van der Waals surface area contributed by atoms with Crippen molar-refractivity contribution < 1.29 is 9.47 Å². The second kappa shape index (κ2) is 14.0. The van der Waals surface area contributed by atoms with Crippen LogP contribution in [-0.4, -0.2) is 63.8 Å². The number of methoxy groups -OCH3 is 1. The summed E-state index contributed by atoms with van der Waals surface area (Å²) in [4.78, 5) is 6.84. The van der Waals surface area contributed by atoms with Gasteiger partial charge in [-0.2, -0.15) is 0 Å². The SMILES string of the molecule is CCN1CCCC1CNC(=NC)NCCCOCc1ccc(OC)cc1.I. The van der Waals surface area contributed by atoms with Gasteiger partial charge in [0.05, 0.1) is 13.7 Å². The number of guanidine groups is 1. The number of aliphatic imine (C=N–C) groups is 1. The first kappa shape index (κ1) is 24.0. The Hall–Kier alpha value is -1.06. The lowest BCUT2D eigenvalue weighted by Gasteiger charge is -2.23. The van der Waals surface area contributed by atoms with E-state index in [1.165, 1.54) is 19.4 Å². The predicted octanol–water partition coefficient (Wildman–Crippen LogP) is 2.87. The lowest BCUT2D eigenvalue weighted by molar-refractivity contribution is 0.119. The van der Waals surface area contributed by atoms with Gasteiger partial charge in [-0.05, 0) is 50.0 Å². The maximum absolute atomic E-state index is 5.73. The van der Waals surface area contributed by atoms with E-state index in [4.69, 9.17) is 9.47 Å². The Labute approximate surface area is 181 Å². The largest absolute Gasteiger partial charge is 0.497 e. The standard InChI is InChI=1S/C20H34N4O2.HI/c1-4-24-13-5-7-18(24)15-23-20(21-2)22-12-6-14-26-16-17-8-10-19(25-3)11-9-17;/h8-11,18H,4-7,12-16H2,1-3H3,(H2,21,22,23);1H. The molecule has 1 aliphatic rings.